The van der Waals surface area contributed by atoms with Crippen LogP contribution < -0.4 is 9.47 Å². The van der Waals surface area contributed by atoms with E-state index in [1.165, 1.54) is 21.6 Å². The first-order valence-electron chi connectivity index (χ1n) is 6.73. The minimum atomic E-state index is 0.322. The van der Waals surface area contributed by atoms with Crippen LogP contribution in [0.15, 0.2) is 47.4 Å². The zero-order valence-electron chi connectivity index (χ0n) is 11.0. The van der Waals surface area contributed by atoms with Crippen LogP contribution >= 0.6 is 11.8 Å². The highest BCUT2D eigenvalue weighted by Crippen LogP contribution is 2.37. The van der Waals surface area contributed by atoms with E-state index in [1.54, 1.807) is 0 Å². The van der Waals surface area contributed by atoms with Gasteiger partial charge in [-0.2, -0.15) is 0 Å². The monoisotopic (exact) mass is 282 g/mol. The van der Waals surface area contributed by atoms with Crippen LogP contribution in [0.5, 0.6) is 11.5 Å². The summed E-state index contributed by atoms with van der Waals surface area (Å²) in [7, 11) is 0. The molecule has 0 atom stereocenters. The van der Waals surface area contributed by atoms with Gasteiger partial charge in [-0.25, -0.2) is 0 Å². The van der Waals surface area contributed by atoms with Gasteiger partial charge >= 0.3 is 0 Å². The summed E-state index contributed by atoms with van der Waals surface area (Å²) in [5.41, 5.74) is 3.69. The molecule has 2 nitrogen and oxygen atoms in total. The topological polar surface area (TPSA) is 18.5 Å². The molecular formula is C17H14O2S. The lowest BCUT2D eigenvalue weighted by atomic mass is 10.0. The molecule has 2 aromatic carbocycles. The van der Waals surface area contributed by atoms with Gasteiger partial charge in [-0.3, -0.25) is 0 Å². The standard InChI is InChI=1S/C17H14O2S/c1-2-8-20-17-7-5-12(9-14(17)3-1)13-4-6-15-16(10-13)19-11-18-15/h1,3-7,9-10H,2,8,11H2. The highest BCUT2D eigenvalue weighted by Gasteiger charge is 2.14. The van der Waals surface area contributed by atoms with Gasteiger partial charge in [-0.1, -0.05) is 24.3 Å². The van der Waals surface area contributed by atoms with Gasteiger partial charge in [0, 0.05) is 10.6 Å². The van der Waals surface area contributed by atoms with Gasteiger partial charge in [0.05, 0.1) is 0 Å². The lowest BCUT2D eigenvalue weighted by Crippen LogP contribution is -1.92. The largest absolute Gasteiger partial charge is 0.454 e. The van der Waals surface area contributed by atoms with Crippen LogP contribution in [0.25, 0.3) is 17.2 Å². The predicted molar refractivity (Wildman–Crippen MR) is 82.4 cm³/mol. The molecule has 4 rings (SSSR count). The molecule has 3 heteroatoms. The summed E-state index contributed by atoms with van der Waals surface area (Å²) in [6.45, 7) is 0.322. The van der Waals surface area contributed by atoms with E-state index in [2.05, 4.69) is 42.5 Å². The maximum atomic E-state index is 5.45. The summed E-state index contributed by atoms with van der Waals surface area (Å²) in [4.78, 5) is 1.36. The molecule has 0 aliphatic carbocycles. The van der Waals surface area contributed by atoms with Crippen molar-refractivity contribution in [3.8, 4) is 22.6 Å². The van der Waals surface area contributed by atoms with E-state index in [-0.39, 0.29) is 0 Å². The predicted octanol–water partition coefficient (Wildman–Crippen LogP) is 4.59. The number of ether oxygens (including phenoxy) is 2. The lowest BCUT2D eigenvalue weighted by Gasteiger charge is -2.08. The minimum Gasteiger partial charge on any atom is -0.454 e. The number of hydrogen-bond donors (Lipinski definition) is 0. The minimum absolute atomic E-state index is 0.322. The Morgan fingerprint density at radius 3 is 2.75 bits per heavy atom. The summed E-state index contributed by atoms with van der Waals surface area (Å²) < 4.78 is 10.8. The van der Waals surface area contributed by atoms with E-state index in [0.29, 0.717) is 6.79 Å². The summed E-state index contributed by atoms with van der Waals surface area (Å²) in [5, 5.41) is 0. The Bertz CT molecular complexity index is 691. The van der Waals surface area contributed by atoms with Crippen molar-refractivity contribution in [1.82, 2.24) is 0 Å². The Morgan fingerprint density at radius 2 is 1.75 bits per heavy atom. The van der Waals surface area contributed by atoms with Crippen LogP contribution in [0.2, 0.25) is 0 Å². The molecule has 0 saturated carbocycles. The van der Waals surface area contributed by atoms with Crippen molar-refractivity contribution >= 4 is 17.8 Å². The Hall–Kier alpha value is -1.87. The van der Waals surface area contributed by atoms with Crippen molar-refractivity contribution in [3.63, 3.8) is 0 Å². The number of rotatable bonds is 1. The van der Waals surface area contributed by atoms with Gasteiger partial charge in [0.2, 0.25) is 6.79 Å². The average molecular weight is 282 g/mol. The highest BCUT2D eigenvalue weighted by atomic mass is 32.2. The van der Waals surface area contributed by atoms with Crippen molar-refractivity contribution in [2.75, 3.05) is 12.5 Å². The Kier molecular flexibility index (Phi) is 2.92. The van der Waals surface area contributed by atoms with Gasteiger partial charge in [0.1, 0.15) is 0 Å². The Morgan fingerprint density at radius 1 is 0.900 bits per heavy atom. The van der Waals surface area contributed by atoms with E-state index in [1.807, 2.05) is 17.8 Å². The quantitative estimate of drug-likeness (QED) is 0.762. The van der Waals surface area contributed by atoms with Crippen LogP contribution in [0.3, 0.4) is 0 Å². The first-order chi connectivity index (χ1) is 9.90. The van der Waals surface area contributed by atoms with Crippen molar-refractivity contribution < 1.29 is 9.47 Å². The number of allylic oxidation sites excluding steroid dienone is 1. The molecule has 0 saturated heterocycles. The fourth-order valence-electron chi connectivity index (χ4n) is 2.51. The van der Waals surface area contributed by atoms with Crippen molar-refractivity contribution in [3.05, 3.63) is 48.0 Å². The molecule has 2 aliphatic rings. The summed E-state index contributed by atoms with van der Waals surface area (Å²) >= 11 is 1.93. The van der Waals surface area contributed by atoms with E-state index in [0.717, 1.165) is 23.7 Å². The Labute approximate surface area is 122 Å². The van der Waals surface area contributed by atoms with Crippen LogP contribution in [0, 0.1) is 0 Å². The summed E-state index contributed by atoms with van der Waals surface area (Å²) in [5.74, 6) is 2.83. The maximum absolute atomic E-state index is 5.45. The molecule has 20 heavy (non-hydrogen) atoms. The van der Waals surface area contributed by atoms with Crippen LogP contribution in [0.4, 0.5) is 0 Å². The molecule has 2 heterocycles. The van der Waals surface area contributed by atoms with Crippen molar-refractivity contribution in [2.45, 2.75) is 11.3 Å². The van der Waals surface area contributed by atoms with Gasteiger partial charge in [0.15, 0.2) is 11.5 Å². The molecule has 2 aromatic rings. The van der Waals surface area contributed by atoms with E-state index < -0.39 is 0 Å². The number of hydrogen-bond acceptors (Lipinski definition) is 3. The molecule has 0 bridgehead atoms. The van der Waals surface area contributed by atoms with Crippen molar-refractivity contribution in [1.29, 1.82) is 0 Å². The molecule has 0 spiro atoms. The van der Waals surface area contributed by atoms with Crippen LogP contribution in [0.1, 0.15) is 12.0 Å². The average Bonchev–Trinajstić information content (AvgIpc) is 2.83. The molecule has 0 amide bonds. The zero-order chi connectivity index (χ0) is 13.4. The third kappa shape index (κ3) is 2.08. The fraction of sp³-hybridized carbons (Fsp3) is 0.176. The number of fused-ring (bicyclic) bond motifs is 2. The molecular weight excluding hydrogens is 268 g/mol. The van der Waals surface area contributed by atoms with Crippen LogP contribution in [-0.2, 0) is 0 Å². The first-order valence-corrected chi connectivity index (χ1v) is 7.72. The van der Waals surface area contributed by atoms with E-state index in [9.17, 15) is 0 Å². The second-order valence-electron chi connectivity index (χ2n) is 4.86. The normalized spacial score (nSPS) is 15.8. The highest BCUT2D eigenvalue weighted by molar-refractivity contribution is 7.99. The van der Waals surface area contributed by atoms with Crippen LogP contribution in [-0.4, -0.2) is 12.5 Å². The van der Waals surface area contributed by atoms with E-state index >= 15 is 0 Å². The molecule has 0 N–H and O–H groups in total. The van der Waals surface area contributed by atoms with Gasteiger partial charge in [-0.05, 0) is 47.4 Å². The second kappa shape index (κ2) is 4.91. The fourth-order valence-corrected chi connectivity index (χ4v) is 3.44. The number of thioether (sulfide) groups is 1. The molecule has 2 aliphatic heterocycles. The first kappa shape index (κ1) is 11.9. The van der Waals surface area contributed by atoms with Gasteiger partial charge < -0.3 is 9.47 Å². The Balaban J connectivity index is 1.77. The molecule has 0 fully saturated rings. The molecule has 0 unspecified atom stereocenters. The van der Waals surface area contributed by atoms with Gasteiger partial charge in [0.25, 0.3) is 0 Å². The third-order valence-corrected chi connectivity index (χ3v) is 4.68. The maximum Gasteiger partial charge on any atom is 0.231 e. The second-order valence-corrected chi connectivity index (χ2v) is 6.00. The van der Waals surface area contributed by atoms with Crippen molar-refractivity contribution in [2.24, 2.45) is 0 Å². The zero-order valence-corrected chi connectivity index (χ0v) is 11.8. The third-order valence-electron chi connectivity index (χ3n) is 3.56. The summed E-state index contributed by atoms with van der Waals surface area (Å²) in [6.07, 6.45) is 5.62. The van der Waals surface area contributed by atoms with E-state index in [4.69, 9.17) is 9.47 Å². The summed E-state index contributed by atoms with van der Waals surface area (Å²) in [6, 6.07) is 12.8. The molecule has 0 radical (unpaired) electrons. The number of benzene rings is 2. The molecule has 0 aromatic heterocycles. The smallest absolute Gasteiger partial charge is 0.231 e. The SMILES string of the molecule is C1=Cc2cc(-c3ccc4c(c3)OCO4)ccc2SCC1. The molecule has 100 valence electrons. The lowest BCUT2D eigenvalue weighted by molar-refractivity contribution is 0.174. The van der Waals surface area contributed by atoms with Gasteiger partial charge in [-0.15, -0.1) is 11.8 Å².